The Kier molecular flexibility index (Phi) is 2.89. The van der Waals surface area contributed by atoms with Crippen molar-refractivity contribution in [3.8, 4) is 11.4 Å². The van der Waals surface area contributed by atoms with Crippen molar-refractivity contribution >= 4 is 23.3 Å². The average Bonchev–Trinajstić information content (AvgIpc) is 2.74. The number of benzene rings is 1. The molecule has 0 unspecified atom stereocenters. The maximum Gasteiger partial charge on any atom is 0.297 e. The molecular formula is C13H8N4O6. The van der Waals surface area contributed by atoms with E-state index in [1.165, 1.54) is 6.07 Å². The number of hydrogen-bond donors (Lipinski definition) is 3. The van der Waals surface area contributed by atoms with Crippen molar-refractivity contribution < 1.29 is 19.6 Å². The minimum Gasteiger partial charge on any atom is -0.505 e. The van der Waals surface area contributed by atoms with Gasteiger partial charge in [-0.3, -0.25) is 34.4 Å². The number of phenols is 1. The van der Waals surface area contributed by atoms with Crippen molar-refractivity contribution in [2.75, 3.05) is 5.73 Å². The fourth-order valence-electron chi connectivity index (χ4n) is 2.41. The molecule has 10 heteroatoms. The number of pyridine rings is 1. The summed E-state index contributed by atoms with van der Waals surface area (Å²) in [4.78, 5) is 45.9. The van der Waals surface area contributed by atoms with Crippen molar-refractivity contribution in [2.24, 2.45) is 0 Å². The Labute approximate surface area is 126 Å². The van der Waals surface area contributed by atoms with Gasteiger partial charge in [0.05, 0.1) is 16.1 Å². The van der Waals surface area contributed by atoms with Gasteiger partial charge in [0.1, 0.15) is 11.6 Å². The van der Waals surface area contributed by atoms with Crippen LogP contribution in [0.3, 0.4) is 0 Å². The molecule has 1 aromatic heterocycles. The summed E-state index contributed by atoms with van der Waals surface area (Å²) in [7, 11) is 0. The molecule has 2 heterocycles. The molecule has 2 amide bonds. The summed E-state index contributed by atoms with van der Waals surface area (Å²) in [6.45, 7) is 0. The smallest absolute Gasteiger partial charge is 0.297 e. The van der Waals surface area contributed by atoms with Crippen LogP contribution in [0, 0.1) is 10.1 Å². The van der Waals surface area contributed by atoms with E-state index in [0.717, 1.165) is 18.2 Å². The number of para-hydroxylation sites is 1. The van der Waals surface area contributed by atoms with E-state index in [1.807, 2.05) is 5.32 Å². The Morgan fingerprint density at radius 2 is 1.91 bits per heavy atom. The lowest BCUT2D eigenvalue weighted by molar-refractivity contribution is -0.384. The number of aromatic hydroxyl groups is 1. The largest absolute Gasteiger partial charge is 0.505 e. The second-order valence-electron chi connectivity index (χ2n) is 4.68. The van der Waals surface area contributed by atoms with Crippen molar-refractivity contribution in [3.05, 3.63) is 55.9 Å². The molecule has 116 valence electrons. The number of hydrogen-bond acceptors (Lipinski definition) is 7. The van der Waals surface area contributed by atoms with Crippen molar-refractivity contribution in [1.82, 2.24) is 9.88 Å². The molecule has 0 aliphatic carbocycles. The maximum atomic E-state index is 12.2. The zero-order valence-electron chi connectivity index (χ0n) is 11.3. The van der Waals surface area contributed by atoms with Gasteiger partial charge in [-0.1, -0.05) is 6.07 Å². The minimum absolute atomic E-state index is 0.216. The number of imide groups is 1. The van der Waals surface area contributed by atoms with Gasteiger partial charge in [-0.05, 0) is 6.07 Å². The molecule has 10 nitrogen and oxygen atoms in total. The standard InChI is InChI=1S/C13H8N4O6/c14-11-9-5(12(20)15-13(9)21)4-8(19)16(11)10-6(17(22)23)2-1-3-7(10)18/h1-4,18H,14H2,(H,15,20,21). The number of rotatable bonds is 2. The number of amides is 2. The van der Waals surface area contributed by atoms with Gasteiger partial charge in [0.15, 0.2) is 5.69 Å². The first-order valence-corrected chi connectivity index (χ1v) is 6.21. The van der Waals surface area contributed by atoms with Gasteiger partial charge in [0.2, 0.25) is 0 Å². The van der Waals surface area contributed by atoms with E-state index in [2.05, 4.69) is 0 Å². The van der Waals surface area contributed by atoms with Gasteiger partial charge < -0.3 is 10.8 Å². The topological polar surface area (TPSA) is 158 Å². The van der Waals surface area contributed by atoms with Crippen LogP contribution in [0.25, 0.3) is 5.69 Å². The molecule has 3 rings (SSSR count). The van der Waals surface area contributed by atoms with Gasteiger partial charge in [0, 0.05) is 12.1 Å². The predicted molar refractivity (Wildman–Crippen MR) is 76.6 cm³/mol. The highest BCUT2D eigenvalue weighted by atomic mass is 16.6. The molecule has 0 fully saturated rings. The van der Waals surface area contributed by atoms with Gasteiger partial charge in [-0.15, -0.1) is 0 Å². The first kappa shape index (κ1) is 14.3. The number of fused-ring (bicyclic) bond motifs is 1. The van der Waals surface area contributed by atoms with Crippen LogP contribution in [0.2, 0.25) is 0 Å². The van der Waals surface area contributed by atoms with Crippen LogP contribution in [0.1, 0.15) is 20.7 Å². The van der Waals surface area contributed by atoms with Gasteiger partial charge in [-0.2, -0.15) is 0 Å². The number of aromatic nitrogens is 1. The Hall–Kier alpha value is -3.69. The molecule has 2 aromatic rings. The predicted octanol–water partition coefficient (Wildman–Crippen LogP) is -0.0829. The summed E-state index contributed by atoms with van der Waals surface area (Å²) >= 11 is 0. The molecule has 4 N–H and O–H groups in total. The molecule has 0 radical (unpaired) electrons. The molecular weight excluding hydrogens is 308 g/mol. The van der Waals surface area contributed by atoms with E-state index in [9.17, 15) is 29.6 Å². The van der Waals surface area contributed by atoms with Crippen molar-refractivity contribution in [1.29, 1.82) is 0 Å². The number of nitro groups is 1. The Bertz CT molecular complexity index is 962. The Balaban J connectivity index is 2.43. The molecule has 1 aliphatic heterocycles. The third-order valence-corrected chi connectivity index (χ3v) is 3.37. The van der Waals surface area contributed by atoms with E-state index in [4.69, 9.17) is 5.73 Å². The number of carbonyl (C=O) groups is 2. The maximum absolute atomic E-state index is 12.2. The Morgan fingerprint density at radius 3 is 2.57 bits per heavy atom. The zero-order chi connectivity index (χ0) is 16.9. The van der Waals surface area contributed by atoms with Gasteiger partial charge in [-0.25, -0.2) is 0 Å². The Morgan fingerprint density at radius 1 is 1.22 bits per heavy atom. The fourth-order valence-corrected chi connectivity index (χ4v) is 2.41. The van der Waals surface area contributed by atoms with E-state index in [-0.39, 0.29) is 11.1 Å². The highest BCUT2D eigenvalue weighted by Gasteiger charge is 2.33. The third-order valence-electron chi connectivity index (χ3n) is 3.37. The van der Waals surface area contributed by atoms with E-state index < -0.39 is 45.2 Å². The molecule has 0 atom stereocenters. The number of anilines is 1. The number of nitro benzene ring substituents is 1. The van der Waals surface area contributed by atoms with Crippen LogP contribution >= 0.6 is 0 Å². The molecule has 0 saturated heterocycles. The molecule has 1 aromatic carbocycles. The summed E-state index contributed by atoms with van der Waals surface area (Å²) < 4.78 is 0.629. The number of carbonyl (C=O) groups excluding carboxylic acids is 2. The van der Waals surface area contributed by atoms with Crippen LogP contribution in [0.15, 0.2) is 29.1 Å². The zero-order valence-corrected chi connectivity index (χ0v) is 11.3. The van der Waals surface area contributed by atoms with Crippen molar-refractivity contribution in [3.63, 3.8) is 0 Å². The van der Waals surface area contributed by atoms with Crippen LogP contribution in [-0.4, -0.2) is 26.4 Å². The quantitative estimate of drug-likeness (QED) is 0.397. The van der Waals surface area contributed by atoms with E-state index >= 15 is 0 Å². The number of nitrogens with one attached hydrogen (secondary N) is 1. The summed E-state index contributed by atoms with van der Waals surface area (Å²) in [6, 6.07) is 4.26. The highest BCUT2D eigenvalue weighted by Crippen LogP contribution is 2.33. The van der Waals surface area contributed by atoms with Gasteiger partial charge >= 0.3 is 0 Å². The number of phenolic OH excluding ortho intramolecular Hbond substituents is 1. The third kappa shape index (κ3) is 1.92. The van der Waals surface area contributed by atoms with Crippen LogP contribution in [0.4, 0.5) is 11.5 Å². The van der Waals surface area contributed by atoms with E-state index in [0.29, 0.717) is 4.57 Å². The first-order valence-electron chi connectivity index (χ1n) is 6.21. The highest BCUT2D eigenvalue weighted by molar-refractivity contribution is 6.23. The van der Waals surface area contributed by atoms with Crippen LogP contribution in [-0.2, 0) is 0 Å². The second-order valence-corrected chi connectivity index (χ2v) is 4.68. The fraction of sp³-hybridized carbons (Fsp3) is 0. The first-order chi connectivity index (χ1) is 10.8. The second kappa shape index (κ2) is 4.66. The molecule has 0 saturated carbocycles. The molecule has 1 aliphatic rings. The number of nitrogens with zero attached hydrogens (tertiary/aromatic N) is 2. The minimum atomic E-state index is -0.893. The lowest BCUT2D eigenvalue weighted by atomic mass is 10.1. The summed E-state index contributed by atoms with van der Waals surface area (Å²) in [6.07, 6.45) is 0. The number of nitrogens with two attached hydrogens (primary N) is 1. The van der Waals surface area contributed by atoms with Crippen LogP contribution < -0.4 is 16.6 Å². The van der Waals surface area contributed by atoms with Crippen molar-refractivity contribution in [2.45, 2.75) is 0 Å². The molecule has 23 heavy (non-hydrogen) atoms. The molecule has 0 spiro atoms. The normalized spacial score (nSPS) is 12.9. The average molecular weight is 316 g/mol. The summed E-state index contributed by atoms with van der Waals surface area (Å²) in [5, 5.41) is 23.0. The lowest BCUT2D eigenvalue weighted by Gasteiger charge is -2.13. The number of nitrogen functional groups attached to an aromatic ring is 1. The van der Waals surface area contributed by atoms with E-state index in [1.54, 1.807) is 0 Å². The summed E-state index contributed by atoms with van der Waals surface area (Å²) in [5.41, 5.74) is 3.34. The monoisotopic (exact) mass is 316 g/mol. The molecule has 0 bridgehead atoms. The summed E-state index contributed by atoms with van der Waals surface area (Å²) in [5.74, 6) is -2.65. The van der Waals surface area contributed by atoms with Crippen LogP contribution in [0.5, 0.6) is 5.75 Å². The lowest BCUT2D eigenvalue weighted by Crippen LogP contribution is -2.24. The SMILES string of the molecule is Nc1c2c(cc(=O)n1-c1c(O)cccc1[N+](=O)[O-])C(=O)NC2=O. The van der Waals surface area contributed by atoms with Gasteiger partial charge in [0.25, 0.3) is 23.1 Å².